The number of unbranched alkanes of at least 4 members (excludes halogenated alkanes) is 1. The Hall–Kier alpha value is -0.610. The molecule has 0 aliphatic rings. The number of amides is 1. The number of rotatable bonds is 10. The Kier molecular flexibility index (Phi) is 10.5. The smallest absolute Gasteiger partial charge is 0.233 e. The van der Waals surface area contributed by atoms with Crippen molar-refractivity contribution in [1.29, 1.82) is 0 Å². The molecule has 0 aromatic heterocycles. The van der Waals surface area contributed by atoms with E-state index in [0.29, 0.717) is 19.1 Å². The topological polar surface area (TPSA) is 50.4 Å². The number of hydrogen-bond donors (Lipinski definition) is 2. The van der Waals surface area contributed by atoms with Crippen LogP contribution in [0.5, 0.6) is 0 Å². The molecule has 4 heteroatoms. The lowest BCUT2D eigenvalue weighted by Gasteiger charge is -2.08. The molecule has 0 radical (unpaired) electrons. The van der Waals surface area contributed by atoms with Crippen LogP contribution in [-0.4, -0.2) is 38.8 Å². The van der Waals surface area contributed by atoms with Crippen molar-refractivity contribution in [2.45, 2.75) is 33.6 Å². The summed E-state index contributed by atoms with van der Waals surface area (Å²) in [7, 11) is 0. The van der Waals surface area contributed by atoms with E-state index in [-0.39, 0.29) is 5.91 Å². The molecule has 0 saturated carbocycles. The van der Waals surface area contributed by atoms with E-state index in [1.807, 2.05) is 0 Å². The number of nitrogens with one attached hydrogen (secondary N) is 2. The molecule has 0 rings (SSSR count). The average molecular weight is 230 g/mol. The molecule has 0 fully saturated rings. The molecule has 0 spiro atoms. The third-order valence-electron chi connectivity index (χ3n) is 2.06. The van der Waals surface area contributed by atoms with Crippen LogP contribution in [0.3, 0.4) is 0 Å². The summed E-state index contributed by atoms with van der Waals surface area (Å²) in [5.41, 5.74) is 0. The van der Waals surface area contributed by atoms with E-state index in [4.69, 9.17) is 4.74 Å². The van der Waals surface area contributed by atoms with E-state index in [1.54, 1.807) is 0 Å². The van der Waals surface area contributed by atoms with E-state index < -0.39 is 0 Å². The largest absolute Gasteiger partial charge is 0.380 e. The second-order valence-corrected chi connectivity index (χ2v) is 4.34. The maximum absolute atomic E-state index is 11.3. The molecule has 0 unspecified atom stereocenters. The summed E-state index contributed by atoms with van der Waals surface area (Å²) in [6, 6.07) is 0. The van der Waals surface area contributed by atoms with E-state index in [1.165, 1.54) is 0 Å². The third kappa shape index (κ3) is 11.5. The first-order valence-corrected chi connectivity index (χ1v) is 6.22. The standard InChI is InChI=1S/C12H26N2O2/c1-4-5-7-16-8-6-13-10-12(15)14-9-11(2)3/h11,13H,4-10H2,1-3H3,(H,14,15). The van der Waals surface area contributed by atoms with Gasteiger partial charge in [0, 0.05) is 19.7 Å². The van der Waals surface area contributed by atoms with Gasteiger partial charge in [0.15, 0.2) is 0 Å². The van der Waals surface area contributed by atoms with Gasteiger partial charge in [-0.2, -0.15) is 0 Å². The Morgan fingerprint density at radius 3 is 2.69 bits per heavy atom. The molecule has 0 atom stereocenters. The Bertz CT molecular complexity index is 172. The van der Waals surface area contributed by atoms with E-state index in [9.17, 15) is 4.79 Å². The first-order valence-electron chi connectivity index (χ1n) is 6.22. The van der Waals surface area contributed by atoms with Crippen LogP contribution < -0.4 is 10.6 Å². The number of carbonyl (C=O) groups excluding carboxylic acids is 1. The molecule has 1 amide bonds. The monoisotopic (exact) mass is 230 g/mol. The fourth-order valence-electron chi connectivity index (χ4n) is 1.08. The van der Waals surface area contributed by atoms with Gasteiger partial charge in [-0.05, 0) is 12.3 Å². The van der Waals surface area contributed by atoms with Crippen molar-refractivity contribution in [2.24, 2.45) is 5.92 Å². The fraction of sp³-hybridized carbons (Fsp3) is 0.917. The quantitative estimate of drug-likeness (QED) is 0.554. The van der Waals surface area contributed by atoms with E-state index in [0.717, 1.165) is 32.5 Å². The van der Waals surface area contributed by atoms with Crippen LogP contribution in [0, 0.1) is 5.92 Å². The van der Waals surface area contributed by atoms with Crippen molar-refractivity contribution in [3.63, 3.8) is 0 Å². The Morgan fingerprint density at radius 1 is 1.31 bits per heavy atom. The van der Waals surface area contributed by atoms with Gasteiger partial charge in [0.2, 0.25) is 5.91 Å². The van der Waals surface area contributed by atoms with Crippen LogP contribution in [0.15, 0.2) is 0 Å². The Morgan fingerprint density at radius 2 is 2.06 bits per heavy atom. The second-order valence-electron chi connectivity index (χ2n) is 4.34. The van der Waals surface area contributed by atoms with Crippen molar-refractivity contribution in [3.8, 4) is 0 Å². The van der Waals surface area contributed by atoms with Crippen LogP contribution in [0.1, 0.15) is 33.6 Å². The van der Waals surface area contributed by atoms with Crippen molar-refractivity contribution in [2.75, 3.05) is 32.8 Å². The minimum Gasteiger partial charge on any atom is -0.380 e. The molecule has 0 saturated heterocycles. The van der Waals surface area contributed by atoms with E-state index in [2.05, 4.69) is 31.4 Å². The zero-order valence-corrected chi connectivity index (χ0v) is 10.8. The summed E-state index contributed by atoms with van der Waals surface area (Å²) >= 11 is 0. The lowest BCUT2D eigenvalue weighted by atomic mass is 10.2. The number of carbonyl (C=O) groups is 1. The normalized spacial score (nSPS) is 10.8. The van der Waals surface area contributed by atoms with Crippen LogP contribution in [0.4, 0.5) is 0 Å². The van der Waals surface area contributed by atoms with Gasteiger partial charge in [-0.1, -0.05) is 27.2 Å². The molecule has 4 nitrogen and oxygen atoms in total. The van der Waals surface area contributed by atoms with Gasteiger partial charge in [-0.3, -0.25) is 4.79 Å². The Labute approximate surface area is 99.1 Å². The van der Waals surface area contributed by atoms with E-state index >= 15 is 0 Å². The highest BCUT2D eigenvalue weighted by atomic mass is 16.5. The lowest BCUT2D eigenvalue weighted by molar-refractivity contribution is -0.120. The molecule has 96 valence electrons. The van der Waals surface area contributed by atoms with Crippen molar-refractivity contribution in [1.82, 2.24) is 10.6 Å². The van der Waals surface area contributed by atoms with Crippen LogP contribution in [-0.2, 0) is 9.53 Å². The van der Waals surface area contributed by atoms with Gasteiger partial charge in [-0.15, -0.1) is 0 Å². The number of hydrogen-bond acceptors (Lipinski definition) is 3. The Balaban J connectivity index is 3.15. The highest BCUT2D eigenvalue weighted by Gasteiger charge is 2.00. The highest BCUT2D eigenvalue weighted by molar-refractivity contribution is 5.77. The van der Waals surface area contributed by atoms with Gasteiger partial charge in [0.25, 0.3) is 0 Å². The molecule has 2 N–H and O–H groups in total. The summed E-state index contributed by atoms with van der Waals surface area (Å²) in [5.74, 6) is 0.559. The first kappa shape index (κ1) is 15.4. The number of ether oxygens (including phenoxy) is 1. The summed E-state index contributed by atoms with van der Waals surface area (Å²) in [6.45, 7) is 9.65. The molecule has 0 aromatic carbocycles. The molecule has 16 heavy (non-hydrogen) atoms. The van der Waals surface area contributed by atoms with Crippen molar-refractivity contribution >= 4 is 5.91 Å². The zero-order valence-electron chi connectivity index (χ0n) is 10.8. The summed E-state index contributed by atoms with van der Waals surface area (Å²) in [5, 5.41) is 5.90. The molecule has 0 heterocycles. The van der Waals surface area contributed by atoms with Gasteiger partial charge < -0.3 is 15.4 Å². The molecule has 0 aliphatic carbocycles. The van der Waals surface area contributed by atoms with Crippen molar-refractivity contribution < 1.29 is 9.53 Å². The molecule has 0 aromatic rings. The molecule has 0 aliphatic heterocycles. The van der Waals surface area contributed by atoms with Crippen LogP contribution >= 0.6 is 0 Å². The lowest BCUT2D eigenvalue weighted by Crippen LogP contribution is -2.36. The summed E-state index contributed by atoms with van der Waals surface area (Å²) in [6.07, 6.45) is 2.26. The summed E-state index contributed by atoms with van der Waals surface area (Å²) in [4.78, 5) is 11.3. The molecular weight excluding hydrogens is 204 g/mol. The maximum Gasteiger partial charge on any atom is 0.233 e. The SMILES string of the molecule is CCCCOCCNCC(=O)NCC(C)C. The third-order valence-corrected chi connectivity index (χ3v) is 2.06. The fourth-order valence-corrected chi connectivity index (χ4v) is 1.08. The second kappa shape index (κ2) is 10.9. The first-order chi connectivity index (χ1) is 7.66. The van der Waals surface area contributed by atoms with Gasteiger partial charge in [0.1, 0.15) is 0 Å². The molecule has 0 bridgehead atoms. The van der Waals surface area contributed by atoms with Crippen molar-refractivity contribution in [3.05, 3.63) is 0 Å². The molecular formula is C12H26N2O2. The van der Waals surface area contributed by atoms with Crippen LogP contribution in [0.2, 0.25) is 0 Å². The average Bonchev–Trinajstić information content (AvgIpc) is 2.25. The van der Waals surface area contributed by atoms with Gasteiger partial charge in [-0.25, -0.2) is 0 Å². The summed E-state index contributed by atoms with van der Waals surface area (Å²) < 4.78 is 5.36. The van der Waals surface area contributed by atoms with Gasteiger partial charge in [0.05, 0.1) is 13.2 Å². The minimum atomic E-state index is 0.0576. The maximum atomic E-state index is 11.3. The predicted molar refractivity (Wildman–Crippen MR) is 66.4 cm³/mol. The van der Waals surface area contributed by atoms with Gasteiger partial charge >= 0.3 is 0 Å². The minimum absolute atomic E-state index is 0.0576. The zero-order chi connectivity index (χ0) is 12.2. The van der Waals surface area contributed by atoms with Crippen LogP contribution in [0.25, 0.3) is 0 Å². The highest BCUT2D eigenvalue weighted by Crippen LogP contribution is 1.87. The predicted octanol–water partition coefficient (Wildman–Crippen LogP) is 1.16.